The number of hydrogen-bond acceptors (Lipinski definition) is 4. The monoisotopic (exact) mass is 351 g/mol. The van der Waals surface area contributed by atoms with E-state index in [-0.39, 0.29) is 17.4 Å². The van der Waals surface area contributed by atoms with E-state index in [2.05, 4.69) is 46.8 Å². The largest absolute Gasteiger partial charge is 0.352 e. The molecule has 2 rings (SSSR count). The third-order valence-corrected chi connectivity index (χ3v) is 4.98. The van der Waals surface area contributed by atoms with Gasteiger partial charge in [0, 0.05) is 43.4 Å². The maximum Gasteiger partial charge on any atom is 0.222 e. The molecule has 0 bridgehead atoms. The fourth-order valence-corrected chi connectivity index (χ4v) is 3.57. The summed E-state index contributed by atoms with van der Waals surface area (Å²) in [7, 11) is 1.77. The number of guanidine groups is 1. The smallest absolute Gasteiger partial charge is 0.222 e. The zero-order chi connectivity index (χ0) is 17.7. The molecule has 1 unspecified atom stereocenters. The van der Waals surface area contributed by atoms with Crippen LogP contribution in [-0.2, 0) is 16.8 Å². The Hall–Kier alpha value is -1.63. The minimum atomic E-state index is 0.0772. The molecule has 1 saturated heterocycles. The molecule has 0 aliphatic carbocycles. The van der Waals surface area contributed by atoms with Gasteiger partial charge in [-0.15, -0.1) is 11.3 Å². The van der Waals surface area contributed by atoms with Crippen LogP contribution in [0.2, 0.25) is 0 Å². The zero-order valence-electron chi connectivity index (χ0n) is 15.3. The Balaban J connectivity index is 1.83. The van der Waals surface area contributed by atoms with Gasteiger partial charge in [0.1, 0.15) is 5.01 Å². The number of rotatable bonds is 4. The summed E-state index contributed by atoms with van der Waals surface area (Å²) in [6, 6.07) is 0.258. The zero-order valence-corrected chi connectivity index (χ0v) is 16.2. The van der Waals surface area contributed by atoms with Crippen LogP contribution in [-0.4, -0.2) is 47.9 Å². The van der Waals surface area contributed by atoms with Gasteiger partial charge in [0.2, 0.25) is 5.91 Å². The number of likely N-dealkylation sites (tertiary alicyclic amines) is 1. The Morgan fingerprint density at radius 3 is 2.83 bits per heavy atom. The number of aliphatic imine (C=N–C) groups is 1. The third-order valence-electron chi connectivity index (χ3n) is 4.14. The van der Waals surface area contributed by atoms with Gasteiger partial charge in [-0.1, -0.05) is 27.7 Å². The minimum absolute atomic E-state index is 0.0772. The Morgan fingerprint density at radius 1 is 1.50 bits per heavy atom. The molecule has 1 amide bonds. The quantitative estimate of drug-likeness (QED) is 0.644. The van der Waals surface area contributed by atoms with E-state index in [0.29, 0.717) is 13.0 Å². The predicted octanol–water partition coefficient (Wildman–Crippen LogP) is 2.12. The molecule has 1 aromatic rings. The van der Waals surface area contributed by atoms with Crippen molar-refractivity contribution < 1.29 is 4.79 Å². The molecule has 1 aliphatic heterocycles. The molecule has 1 fully saturated rings. The fraction of sp³-hybridized carbons (Fsp3) is 0.706. The molecule has 0 radical (unpaired) electrons. The average Bonchev–Trinajstić information content (AvgIpc) is 3.19. The number of amides is 1. The molecule has 1 aromatic heterocycles. The highest BCUT2D eigenvalue weighted by molar-refractivity contribution is 7.09. The molecule has 6 nitrogen and oxygen atoms in total. The normalized spacial score (nSPS) is 18.8. The van der Waals surface area contributed by atoms with Crippen LogP contribution >= 0.6 is 11.3 Å². The van der Waals surface area contributed by atoms with E-state index in [4.69, 9.17) is 0 Å². The first kappa shape index (κ1) is 18.7. The Labute approximate surface area is 148 Å². The van der Waals surface area contributed by atoms with E-state index in [0.717, 1.165) is 36.2 Å². The Bertz CT molecular complexity index is 590. The third kappa shape index (κ3) is 4.93. The molecule has 134 valence electrons. The standard InChI is InChI=1S/C17H29N5OS/c1-6-15(23)22-8-7-12(10-22)20-16(18-5)19-9-14-21-13(11-24-14)17(2,3)4/h11-12H,6-10H2,1-5H3,(H2,18,19,20). The highest BCUT2D eigenvalue weighted by Gasteiger charge is 2.25. The molecule has 1 aliphatic rings. The van der Waals surface area contributed by atoms with E-state index in [1.54, 1.807) is 18.4 Å². The second kappa shape index (κ2) is 7.96. The van der Waals surface area contributed by atoms with Crippen molar-refractivity contribution in [1.82, 2.24) is 20.5 Å². The first-order chi connectivity index (χ1) is 11.3. The second-order valence-corrected chi connectivity index (χ2v) is 8.07. The topological polar surface area (TPSA) is 69.6 Å². The maximum absolute atomic E-state index is 11.8. The van der Waals surface area contributed by atoms with Crippen LogP contribution in [0.5, 0.6) is 0 Å². The van der Waals surface area contributed by atoms with Gasteiger partial charge in [0.05, 0.1) is 12.2 Å². The van der Waals surface area contributed by atoms with E-state index in [1.165, 1.54) is 0 Å². The van der Waals surface area contributed by atoms with Crippen molar-refractivity contribution in [2.24, 2.45) is 4.99 Å². The van der Waals surface area contributed by atoms with Gasteiger partial charge >= 0.3 is 0 Å². The van der Waals surface area contributed by atoms with Crippen LogP contribution in [0, 0.1) is 0 Å². The number of carbonyl (C=O) groups is 1. The highest BCUT2D eigenvalue weighted by atomic mass is 32.1. The molecule has 0 spiro atoms. The van der Waals surface area contributed by atoms with Gasteiger partial charge < -0.3 is 15.5 Å². The van der Waals surface area contributed by atoms with E-state index in [1.807, 2.05) is 11.8 Å². The lowest BCUT2D eigenvalue weighted by Crippen LogP contribution is -2.44. The van der Waals surface area contributed by atoms with E-state index >= 15 is 0 Å². The summed E-state index contributed by atoms with van der Waals surface area (Å²) in [6.45, 7) is 10.6. The molecule has 0 saturated carbocycles. The van der Waals surface area contributed by atoms with Gasteiger partial charge in [0.25, 0.3) is 0 Å². The number of carbonyl (C=O) groups excluding carboxylic acids is 1. The SMILES string of the molecule is CCC(=O)N1CCC(NC(=NC)NCc2nc(C(C)(C)C)cs2)C1. The summed E-state index contributed by atoms with van der Waals surface area (Å²) < 4.78 is 0. The maximum atomic E-state index is 11.8. The van der Waals surface area contributed by atoms with Gasteiger partial charge in [-0.2, -0.15) is 0 Å². The molecule has 24 heavy (non-hydrogen) atoms. The van der Waals surface area contributed by atoms with Crippen molar-refractivity contribution in [2.45, 2.75) is 58.5 Å². The molecular weight excluding hydrogens is 322 g/mol. The number of nitrogens with zero attached hydrogens (tertiary/aromatic N) is 3. The number of aromatic nitrogens is 1. The minimum Gasteiger partial charge on any atom is -0.352 e. The van der Waals surface area contributed by atoms with Gasteiger partial charge in [0.15, 0.2) is 5.96 Å². The first-order valence-electron chi connectivity index (χ1n) is 8.53. The number of nitrogens with one attached hydrogen (secondary N) is 2. The molecule has 2 heterocycles. The van der Waals surface area contributed by atoms with Crippen molar-refractivity contribution >= 4 is 23.2 Å². The first-order valence-corrected chi connectivity index (χ1v) is 9.41. The van der Waals surface area contributed by atoms with Crippen molar-refractivity contribution in [3.05, 3.63) is 16.1 Å². The predicted molar refractivity (Wildman–Crippen MR) is 99.4 cm³/mol. The molecule has 7 heteroatoms. The summed E-state index contributed by atoms with van der Waals surface area (Å²) in [5.74, 6) is 0.984. The average molecular weight is 352 g/mol. The summed E-state index contributed by atoms with van der Waals surface area (Å²) in [4.78, 5) is 22.6. The van der Waals surface area contributed by atoms with Crippen molar-refractivity contribution in [3.63, 3.8) is 0 Å². The second-order valence-electron chi connectivity index (χ2n) is 7.13. The van der Waals surface area contributed by atoms with Crippen LogP contribution in [0.25, 0.3) is 0 Å². The van der Waals surface area contributed by atoms with E-state index < -0.39 is 0 Å². The number of hydrogen-bond donors (Lipinski definition) is 2. The summed E-state index contributed by atoms with van der Waals surface area (Å²) >= 11 is 1.67. The molecule has 2 N–H and O–H groups in total. The summed E-state index contributed by atoms with van der Waals surface area (Å²) in [5, 5.41) is 9.90. The highest BCUT2D eigenvalue weighted by Crippen LogP contribution is 2.23. The van der Waals surface area contributed by atoms with Gasteiger partial charge in [-0.3, -0.25) is 9.79 Å². The van der Waals surface area contributed by atoms with Crippen LogP contribution in [0.3, 0.4) is 0 Å². The fourth-order valence-electron chi connectivity index (χ4n) is 2.61. The Morgan fingerprint density at radius 2 is 2.25 bits per heavy atom. The lowest BCUT2D eigenvalue weighted by Gasteiger charge is -2.18. The summed E-state index contributed by atoms with van der Waals surface area (Å²) in [6.07, 6.45) is 1.53. The lowest BCUT2D eigenvalue weighted by molar-refractivity contribution is -0.129. The molecular formula is C17H29N5OS. The Kier molecular flexibility index (Phi) is 6.21. The van der Waals surface area contributed by atoms with E-state index in [9.17, 15) is 4.79 Å². The van der Waals surface area contributed by atoms with Crippen LogP contribution < -0.4 is 10.6 Å². The lowest BCUT2D eigenvalue weighted by atomic mass is 9.93. The van der Waals surface area contributed by atoms with Crippen molar-refractivity contribution in [3.8, 4) is 0 Å². The summed E-state index contributed by atoms with van der Waals surface area (Å²) in [5.41, 5.74) is 1.20. The number of thiazole rings is 1. The van der Waals surface area contributed by atoms with Crippen LogP contribution in [0.15, 0.2) is 10.4 Å². The van der Waals surface area contributed by atoms with Gasteiger partial charge in [-0.25, -0.2) is 4.98 Å². The van der Waals surface area contributed by atoms with Crippen molar-refractivity contribution in [1.29, 1.82) is 0 Å². The van der Waals surface area contributed by atoms with Gasteiger partial charge in [-0.05, 0) is 6.42 Å². The van der Waals surface area contributed by atoms with Crippen molar-refractivity contribution in [2.75, 3.05) is 20.1 Å². The van der Waals surface area contributed by atoms with Crippen LogP contribution in [0.4, 0.5) is 0 Å². The molecule has 0 aromatic carbocycles. The van der Waals surface area contributed by atoms with Crippen LogP contribution in [0.1, 0.15) is 51.2 Å². The molecule has 1 atom stereocenters.